The van der Waals surface area contributed by atoms with Gasteiger partial charge in [0.25, 0.3) is 11.8 Å². The number of benzene rings is 2. The van der Waals surface area contributed by atoms with Gasteiger partial charge in [-0.2, -0.15) is 0 Å². The highest BCUT2D eigenvalue weighted by Crippen LogP contribution is 2.35. The lowest BCUT2D eigenvalue weighted by Crippen LogP contribution is -2.22. The molecule has 2 heterocycles. The first kappa shape index (κ1) is 14.9. The summed E-state index contributed by atoms with van der Waals surface area (Å²) in [5.41, 5.74) is 3.36. The number of carbonyl (C=O) groups is 2. The van der Waals surface area contributed by atoms with Crippen LogP contribution in [-0.2, 0) is 16.6 Å². The minimum atomic E-state index is -0.356. The van der Waals surface area contributed by atoms with Gasteiger partial charge in [0, 0.05) is 34.2 Å². The normalized spacial score (nSPS) is 14.6. The number of aryl methyl sites for hydroxylation is 1. The van der Waals surface area contributed by atoms with Crippen LogP contribution in [0.4, 0.5) is 0 Å². The van der Waals surface area contributed by atoms with Gasteiger partial charge in [-0.15, -0.1) is 0 Å². The van der Waals surface area contributed by atoms with Crippen molar-refractivity contribution in [2.45, 2.75) is 0 Å². The van der Waals surface area contributed by atoms with Crippen LogP contribution in [0.2, 0.25) is 0 Å². The Morgan fingerprint density at radius 3 is 2.33 bits per heavy atom. The molecule has 0 saturated heterocycles. The molecule has 0 aliphatic carbocycles. The molecule has 2 amide bonds. The third-order valence-electron chi connectivity index (χ3n) is 4.23. The maximum atomic E-state index is 12.5. The van der Waals surface area contributed by atoms with Crippen molar-refractivity contribution in [3.05, 3.63) is 70.3 Å². The Kier molecular flexibility index (Phi) is 3.39. The highest BCUT2D eigenvalue weighted by molar-refractivity contribution is 9.10. The highest BCUT2D eigenvalue weighted by atomic mass is 79.9. The predicted octanol–water partition coefficient (Wildman–Crippen LogP) is 3.51. The van der Waals surface area contributed by atoms with Gasteiger partial charge in [-0.1, -0.05) is 46.3 Å². The van der Waals surface area contributed by atoms with Gasteiger partial charge in [-0.05, 0) is 23.8 Å². The van der Waals surface area contributed by atoms with Crippen molar-refractivity contribution < 1.29 is 9.59 Å². The fourth-order valence-corrected chi connectivity index (χ4v) is 3.41. The molecule has 0 atom stereocenters. The van der Waals surface area contributed by atoms with E-state index in [1.807, 2.05) is 66.3 Å². The molecule has 118 valence electrons. The average molecular weight is 381 g/mol. The second-order valence-corrected chi connectivity index (χ2v) is 6.63. The van der Waals surface area contributed by atoms with Crippen molar-refractivity contribution >= 4 is 49.8 Å². The van der Waals surface area contributed by atoms with E-state index in [4.69, 9.17) is 0 Å². The molecule has 1 N–H and O–H groups in total. The van der Waals surface area contributed by atoms with Gasteiger partial charge in [-0.25, -0.2) is 0 Å². The van der Waals surface area contributed by atoms with Gasteiger partial charge >= 0.3 is 0 Å². The Bertz CT molecular complexity index is 1030. The fraction of sp³-hybridized carbons (Fsp3) is 0.0526. The number of nitrogens with one attached hydrogen (secondary N) is 1. The zero-order chi connectivity index (χ0) is 16.8. The summed E-state index contributed by atoms with van der Waals surface area (Å²) in [4.78, 5) is 24.9. The summed E-state index contributed by atoms with van der Waals surface area (Å²) in [6.45, 7) is 0. The molecule has 0 unspecified atom stereocenters. The van der Waals surface area contributed by atoms with E-state index in [1.54, 1.807) is 0 Å². The second kappa shape index (κ2) is 5.46. The summed E-state index contributed by atoms with van der Waals surface area (Å²) in [5, 5.41) is 3.38. The minimum Gasteiger partial charge on any atom is -0.350 e. The average Bonchev–Trinajstić information content (AvgIpc) is 3.05. The van der Waals surface area contributed by atoms with Crippen molar-refractivity contribution in [2.75, 3.05) is 0 Å². The third-order valence-corrected chi connectivity index (χ3v) is 4.76. The van der Waals surface area contributed by atoms with Crippen molar-refractivity contribution in [2.24, 2.45) is 7.05 Å². The van der Waals surface area contributed by atoms with Crippen LogP contribution in [0.3, 0.4) is 0 Å². The molecular weight excluding hydrogens is 368 g/mol. The molecule has 2 aromatic carbocycles. The fourth-order valence-electron chi connectivity index (χ4n) is 3.15. The Morgan fingerprint density at radius 1 is 0.917 bits per heavy atom. The summed E-state index contributed by atoms with van der Waals surface area (Å²) in [7, 11) is 1.93. The Hall–Kier alpha value is -2.66. The quantitative estimate of drug-likeness (QED) is 0.691. The van der Waals surface area contributed by atoms with Gasteiger partial charge < -0.3 is 4.57 Å². The first-order valence-electron chi connectivity index (χ1n) is 7.46. The van der Waals surface area contributed by atoms with Crippen LogP contribution in [0, 0.1) is 0 Å². The lowest BCUT2D eigenvalue weighted by atomic mass is 9.96. The molecule has 3 aromatic rings. The monoisotopic (exact) mass is 380 g/mol. The number of hydrogen-bond acceptors (Lipinski definition) is 2. The SMILES string of the molecule is Cn1cc(C2=C(c3ccc(Br)cc3)C(=O)NC2=O)c2ccccc21. The number of carbonyl (C=O) groups excluding carboxylic acids is 2. The Balaban J connectivity index is 2.03. The number of nitrogens with zero attached hydrogens (tertiary/aromatic N) is 1. The zero-order valence-corrected chi connectivity index (χ0v) is 14.4. The largest absolute Gasteiger partial charge is 0.350 e. The van der Waals surface area contributed by atoms with E-state index < -0.39 is 0 Å². The first-order valence-corrected chi connectivity index (χ1v) is 8.26. The molecule has 0 spiro atoms. The lowest BCUT2D eigenvalue weighted by Gasteiger charge is -2.04. The summed E-state index contributed by atoms with van der Waals surface area (Å²) in [6, 6.07) is 15.2. The first-order chi connectivity index (χ1) is 11.6. The van der Waals surface area contributed by atoms with Gasteiger partial charge in [0.05, 0.1) is 11.1 Å². The molecule has 1 aliphatic rings. The highest BCUT2D eigenvalue weighted by Gasteiger charge is 2.33. The number of hydrogen-bond donors (Lipinski definition) is 1. The topological polar surface area (TPSA) is 51.1 Å². The van der Waals surface area contributed by atoms with E-state index >= 15 is 0 Å². The van der Waals surface area contributed by atoms with Crippen LogP contribution < -0.4 is 5.32 Å². The molecule has 0 fully saturated rings. The number of para-hydroxylation sites is 1. The summed E-state index contributed by atoms with van der Waals surface area (Å²) in [6.07, 6.45) is 1.90. The Morgan fingerprint density at radius 2 is 1.58 bits per heavy atom. The summed E-state index contributed by atoms with van der Waals surface area (Å²) < 4.78 is 2.88. The number of aromatic nitrogens is 1. The van der Waals surface area contributed by atoms with Crippen LogP contribution in [0.25, 0.3) is 22.0 Å². The van der Waals surface area contributed by atoms with E-state index in [0.29, 0.717) is 11.1 Å². The van der Waals surface area contributed by atoms with E-state index in [9.17, 15) is 9.59 Å². The minimum absolute atomic E-state index is 0.353. The molecule has 4 rings (SSSR count). The van der Waals surface area contributed by atoms with E-state index in [2.05, 4.69) is 21.2 Å². The molecule has 1 aromatic heterocycles. The molecule has 0 saturated carbocycles. The van der Waals surface area contributed by atoms with Crippen LogP contribution in [0.5, 0.6) is 0 Å². The maximum absolute atomic E-state index is 12.5. The maximum Gasteiger partial charge on any atom is 0.259 e. The predicted molar refractivity (Wildman–Crippen MR) is 97.0 cm³/mol. The van der Waals surface area contributed by atoms with Gasteiger partial charge in [0.1, 0.15) is 0 Å². The number of rotatable bonds is 2. The molecule has 0 radical (unpaired) electrons. The van der Waals surface area contributed by atoms with Gasteiger partial charge in [-0.3, -0.25) is 14.9 Å². The number of amides is 2. The van der Waals surface area contributed by atoms with Crippen molar-refractivity contribution in [3.63, 3.8) is 0 Å². The number of halogens is 1. The molecule has 24 heavy (non-hydrogen) atoms. The van der Waals surface area contributed by atoms with Gasteiger partial charge in [0.15, 0.2) is 0 Å². The molecule has 4 nitrogen and oxygen atoms in total. The molecular formula is C19H13BrN2O2. The summed E-state index contributed by atoms with van der Waals surface area (Å²) >= 11 is 3.39. The lowest BCUT2D eigenvalue weighted by molar-refractivity contribution is -0.122. The molecule has 5 heteroatoms. The smallest absolute Gasteiger partial charge is 0.259 e. The standard InChI is InChI=1S/C19H13BrN2O2/c1-22-10-14(13-4-2-3-5-15(13)22)17-16(18(23)21-19(17)24)11-6-8-12(20)9-7-11/h2-10H,1H3,(H,21,23,24). The van der Waals surface area contributed by atoms with E-state index in [-0.39, 0.29) is 11.8 Å². The number of fused-ring (bicyclic) bond motifs is 1. The summed E-state index contributed by atoms with van der Waals surface area (Å²) in [5.74, 6) is -0.709. The van der Waals surface area contributed by atoms with E-state index in [1.165, 1.54) is 0 Å². The third kappa shape index (κ3) is 2.20. The van der Waals surface area contributed by atoms with Crippen LogP contribution in [-0.4, -0.2) is 16.4 Å². The van der Waals surface area contributed by atoms with Crippen molar-refractivity contribution in [1.29, 1.82) is 0 Å². The van der Waals surface area contributed by atoms with Crippen molar-refractivity contribution in [1.82, 2.24) is 9.88 Å². The second-order valence-electron chi connectivity index (χ2n) is 5.71. The molecule has 1 aliphatic heterocycles. The van der Waals surface area contributed by atoms with Crippen LogP contribution in [0.1, 0.15) is 11.1 Å². The van der Waals surface area contributed by atoms with Crippen LogP contribution >= 0.6 is 15.9 Å². The van der Waals surface area contributed by atoms with Crippen molar-refractivity contribution in [3.8, 4) is 0 Å². The Labute approximate surface area is 146 Å². The van der Waals surface area contributed by atoms with Gasteiger partial charge in [0.2, 0.25) is 0 Å². The van der Waals surface area contributed by atoms with Crippen LogP contribution in [0.15, 0.2) is 59.2 Å². The molecule has 0 bridgehead atoms. The van der Waals surface area contributed by atoms with E-state index in [0.717, 1.165) is 26.5 Å². The zero-order valence-electron chi connectivity index (χ0n) is 12.8. The number of imide groups is 1.